The van der Waals surface area contributed by atoms with Gasteiger partial charge in [0.15, 0.2) is 0 Å². The Morgan fingerprint density at radius 2 is 1.71 bits per heavy atom. The molecule has 3 heterocycles. The van der Waals surface area contributed by atoms with Crippen molar-refractivity contribution in [3.05, 3.63) is 83.6 Å². The van der Waals surface area contributed by atoms with Gasteiger partial charge in [-0.25, -0.2) is 4.98 Å². The molecule has 0 N–H and O–H groups in total. The van der Waals surface area contributed by atoms with E-state index >= 15 is 0 Å². The lowest BCUT2D eigenvalue weighted by molar-refractivity contribution is 0.646. The van der Waals surface area contributed by atoms with Crippen LogP contribution in [-0.4, -0.2) is 9.97 Å². The average molecular weight is 407 g/mol. The summed E-state index contributed by atoms with van der Waals surface area (Å²) in [4.78, 5) is 9.60. The zero-order valence-corrected chi connectivity index (χ0v) is 18.4. The van der Waals surface area contributed by atoms with E-state index in [9.17, 15) is 0 Å². The summed E-state index contributed by atoms with van der Waals surface area (Å²) in [6.45, 7) is 8.72. The third-order valence-electron chi connectivity index (χ3n) is 5.80. The number of pyridine rings is 2. The number of hydrogen-bond donors (Lipinski definition) is 0. The standard InChI is InChI=1S/C28H26N2O/c1-17(2)14-20-12-13-29-24(16-20)22-11-10-18(3)25-23-15-19(4)26(21-8-6-5-7-9-21)30-28(23)31-27(22)25/h5-13,15-17H,14H2,1-4H3. The molecular weight excluding hydrogens is 380 g/mol. The average Bonchev–Trinajstić information content (AvgIpc) is 3.13. The molecule has 0 unspecified atom stereocenters. The van der Waals surface area contributed by atoms with Gasteiger partial charge in [-0.15, -0.1) is 0 Å². The molecule has 0 fully saturated rings. The Morgan fingerprint density at radius 1 is 0.903 bits per heavy atom. The Hall–Kier alpha value is -3.46. The van der Waals surface area contributed by atoms with Gasteiger partial charge in [0, 0.05) is 28.1 Å². The zero-order chi connectivity index (χ0) is 21.5. The zero-order valence-electron chi connectivity index (χ0n) is 18.4. The molecule has 5 rings (SSSR count). The van der Waals surface area contributed by atoms with Crippen LogP contribution in [0.15, 0.2) is 71.3 Å². The third kappa shape index (κ3) is 3.50. The molecule has 154 valence electrons. The smallest absolute Gasteiger partial charge is 0.227 e. The molecule has 31 heavy (non-hydrogen) atoms. The number of benzene rings is 2. The van der Waals surface area contributed by atoms with E-state index in [0.717, 1.165) is 50.9 Å². The first-order chi connectivity index (χ1) is 15.0. The van der Waals surface area contributed by atoms with Crippen LogP contribution >= 0.6 is 0 Å². The highest BCUT2D eigenvalue weighted by atomic mass is 16.3. The first-order valence-corrected chi connectivity index (χ1v) is 10.9. The van der Waals surface area contributed by atoms with Crippen LogP contribution in [0, 0.1) is 19.8 Å². The van der Waals surface area contributed by atoms with Crippen molar-refractivity contribution in [2.24, 2.45) is 5.92 Å². The number of fused-ring (bicyclic) bond motifs is 3. The Morgan fingerprint density at radius 3 is 2.48 bits per heavy atom. The molecule has 3 aromatic heterocycles. The first-order valence-electron chi connectivity index (χ1n) is 10.9. The number of aryl methyl sites for hydroxylation is 2. The molecule has 0 atom stereocenters. The van der Waals surface area contributed by atoms with Crippen LogP contribution < -0.4 is 0 Å². The summed E-state index contributed by atoms with van der Waals surface area (Å²) >= 11 is 0. The SMILES string of the molecule is Cc1cc2c(nc1-c1ccccc1)oc1c(-c3cc(CC(C)C)ccn3)ccc(C)c12. The highest BCUT2D eigenvalue weighted by Gasteiger charge is 2.18. The highest BCUT2D eigenvalue weighted by molar-refractivity contribution is 6.10. The maximum atomic E-state index is 6.41. The molecule has 0 spiro atoms. The molecule has 0 aliphatic heterocycles. The molecule has 5 aromatic rings. The van der Waals surface area contributed by atoms with Gasteiger partial charge in [0.25, 0.3) is 0 Å². The van der Waals surface area contributed by atoms with E-state index in [0.29, 0.717) is 11.6 Å². The second kappa shape index (κ2) is 7.66. The summed E-state index contributed by atoms with van der Waals surface area (Å²) in [6.07, 6.45) is 2.93. The fourth-order valence-corrected chi connectivity index (χ4v) is 4.38. The van der Waals surface area contributed by atoms with Crippen molar-refractivity contribution in [2.45, 2.75) is 34.1 Å². The number of nitrogens with zero attached hydrogens (tertiary/aromatic N) is 2. The van der Waals surface area contributed by atoms with Gasteiger partial charge < -0.3 is 4.42 Å². The molecule has 0 amide bonds. The number of furan rings is 1. The van der Waals surface area contributed by atoms with Gasteiger partial charge in [0.05, 0.1) is 11.4 Å². The number of aromatic nitrogens is 2. The van der Waals surface area contributed by atoms with Crippen LogP contribution in [0.1, 0.15) is 30.5 Å². The molecule has 3 nitrogen and oxygen atoms in total. The maximum Gasteiger partial charge on any atom is 0.227 e. The fraction of sp³-hybridized carbons (Fsp3) is 0.214. The topological polar surface area (TPSA) is 38.9 Å². The van der Waals surface area contributed by atoms with E-state index in [1.807, 2.05) is 24.4 Å². The lowest BCUT2D eigenvalue weighted by Gasteiger charge is -2.08. The molecule has 0 saturated carbocycles. The van der Waals surface area contributed by atoms with Gasteiger partial charge in [0.2, 0.25) is 5.71 Å². The first kappa shape index (κ1) is 19.5. The van der Waals surface area contributed by atoms with Gasteiger partial charge >= 0.3 is 0 Å². The molecule has 0 saturated heterocycles. The van der Waals surface area contributed by atoms with Crippen molar-refractivity contribution in [1.29, 1.82) is 0 Å². The lowest BCUT2D eigenvalue weighted by atomic mass is 9.98. The Labute approximate surface area is 182 Å². The second-order valence-corrected chi connectivity index (χ2v) is 8.76. The Kier molecular flexibility index (Phi) is 4.82. The van der Waals surface area contributed by atoms with Gasteiger partial charge in [-0.05, 0) is 67.1 Å². The minimum atomic E-state index is 0.600. The minimum Gasteiger partial charge on any atom is -0.437 e. The molecule has 0 aliphatic carbocycles. The van der Waals surface area contributed by atoms with E-state index in [-0.39, 0.29) is 0 Å². The lowest BCUT2D eigenvalue weighted by Crippen LogP contribution is -1.95. The summed E-state index contributed by atoms with van der Waals surface area (Å²) in [5, 5.41) is 2.18. The van der Waals surface area contributed by atoms with Gasteiger partial charge in [-0.3, -0.25) is 4.98 Å². The molecule has 0 radical (unpaired) electrons. The van der Waals surface area contributed by atoms with Crippen LogP contribution in [0.25, 0.3) is 44.6 Å². The molecule has 3 heteroatoms. The van der Waals surface area contributed by atoms with E-state index in [1.54, 1.807) is 0 Å². The van der Waals surface area contributed by atoms with Crippen molar-refractivity contribution in [3.8, 4) is 22.5 Å². The van der Waals surface area contributed by atoms with E-state index in [4.69, 9.17) is 9.40 Å². The van der Waals surface area contributed by atoms with Crippen LogP contribution in [0.2, 0.25) is 0 Å². The summed E-state index contributed by atoms with van der Waals surface area (Å²) in [5.41, 5.74) is 9.18. The van der Waals surface area contributed by atoms with Crippen LogP contribution in [0.3, 0.4) is 0 Å². The molecule has 0 aliphatic rings. The van der Waals surface area contributed by atoms with E-state index < -0.39 is 0 Å². The number of rotatable bonds is 4. The van der Waals surface area contributed by atoms with Gasteiger partial charge in [-0.2, -0.15) is 0 Å². The fourth-order valence-electron chi connectivity index (χ4n) is 4.38. The van der Waals surface area contributed by atoms with Crippen molar-refractivity contribution in [2.75, 3.05) is 0 Å². The van der Waals surface area contributed by atoms with E-state index in [2.05, 4.69) is 75.1 Å². The molecular formula is C28H26N2O. The molecule has 2 aromatic carbocycles. The van der Waals surface area contributed by atoms with Crippen LogP contribution in [0.4, 0.5) is 0 Å². The van der Waals surface area contributed by atoms with E-state index in [1.165, 1.54) is 11.1 Å². The minimum absolute atomic E-state index is 0.600. The normalized spacial score (nSPS) is 11.6. The largest absolute Gasteiger partial charge is 0.437 e. The monoisotopic (exact) mass is 406 g/mol. The number of hydrogen-bond acceptors (Lipinski definition) is 3. The third-order valence-corrected chi connectivity index (χ3v) is 5.80. The van der Waals surface area contributed by atoms with Crippen LogP contribution in [0.5, 0.6) is 0 Å². The quantitative estimate of drug-likeness (QED) is 0.310. The Bertz CT molecular complexity index is 1400. The Balaban J connectivity index is 1.73. The van der Waals surface area contributed by atoms with Crippen LogP contribution in [-0.2, 0) is 6.42 Å². The summed E-state index contributed by atoms with van der Waals surface area (Å²) in [7, 11) is 0. The van der Waals surface area contributed by atoms with Crippen molar-refractivity contribution < 1.29 is 4.42 Å². The highest BCUT2D eigenvalue weighted by Crippen LogP contribution is 2.38. The van der Waals surface area contributed by atoms with Crippen molar-refractivity contribution >= 4 is 22.1 Å². The maximum absolute atomic E-state index is 6.41. The summed E-state index contributed by atoms with van der Waals surface area (Å²) in [5.74, 6) is 0.600. The summed E-state index contributed by atoms with van der Waals surface area (Å²) < 4.78 is 6.41. The summed E-state index contributed by atoms with van der Waals surface area (Å²) in [6, 6.07) is 21.0. The molecule has 0 bridgehead atoms. The van der Waals surface area contributed by atoms with Gasteiger partial charge in [0.1, 0.15) is 5.58 Å². The second-order valence-electron chi connectivity index (χ2n) is 8.76. The van der Waals surface area contributed by atoms with Gasteiger partial charge in [-0.1, -0.05) is 50.2 Å². The van der Waals surface area contributed by atoms with Crippen molar-refractivity contribution in [1.82, 2.24) is 9.97 Å². The predicted molar refractivity (Wildman–Crippen MR) is 128 cm³/mol. The predicted octanol–water partition coefficient (Wildman–Crippen LogP) is 7.53. The van der Waals surface area contributed by atoms with Crippen molar-refractivity contribution in [3.63, 3.8) is 0 Å².